The average molecular weight is 361 g/mol. The Morgan fingerprint density at radius 3 is 2.84 bits per heavy atom. The largest absolute Gasteiger partial charge is 0.379 e. The molecular formula is C17H21ClN6O. The van der Waals surface area contributed by atoms with E-state index in [1.807, 2.05) is 19.1 Å². The monoisotopic (exact) mass is 360 g/mol. The number of nitrogens with zero attached hydrogens (tertiary/aromatic N) is 4. The van der Waals surface area contributed by atoms with Crippen molar-refractivity contribution in [2.45, 2.75) is 19.8 Å². The van der Waals surface area contributed by atoms with Crippen LogP contribution >= 0.6 is 11.6 Å². The maximum absolute atomic E-state index is 9.39. The van der Waals surface area contributed by atoms with Crippen LogP contribution in [0.1, 0.15) is 23.2 Å². The Bertz CT molecular complexity index is 763. The van der Waals surface area contributed by atoms with Gasteiger partial charge in [-0.25, -0.2) is 4.98 Å². The van der Waals surface area contributed by atoms with Gasteiger partial charge in [-0.15, -0.1) is 0 Å². The van der Waals surface area contributed by atoms with Gasteiger partial charge in [-0.2, -0.15) is 10.4 Å². The number of pyridine rings is 1. The SMILES string of the molecule is Cc1cc(Nc2cc(CCCN3CCOCC3)c(C#N)c(Cl)n2)n[nH]1. The first-order valence-electron chi connectivity index (χ1n) is 8.34. The summed E-state index contributed by atoms with van der Waals surface area (Å²) in [4.78, 5) is 6.64. The lowest BCUT2D eigenvalue weighted by Gasteiger charge is -2.26. The Kier molecular flexibility index (Phi) is 5.87. The van der Waals surface area contributed by atoms with E-state index in [1.54, 1.807) is 0 Å². The summed E-state index contributed by atoms with van der Waals surface area (Å²) in [6, 6.07) is 5.93. The molecule has 0 unspecified atom stereocenters. The van der Waals surface area contributed by atoms with Crippen LogP contribution in [0.4, 0.5) is 11.6 Å². The summed E-state index contributed by atoms with van der Waals surface area (Å²) in [5, 5.41) is 19.7. The molecule has 3 heterocycles. The van der Waals surface area contributed by atoms with E-state index in [2.05, 4.69) is 31.5 Å². The van der Waals surface area contributed by atoms with E-state index in [9.17, 15) is 5.26 Å². The zero-order valence-corrected chi connectivity index (χ0v) is 14.9. The second kappa shape index (κ2) is 8.30. The molecule has 0 bridgehead atoms. The van der Waals surface area contributed by atoms with E-state index in [1.165, 1.54) is 0 Å². The van der Waals surface area contributed by atoms with Crippen LogP contribution < -0.4 is 5.32 Å². The molecule has 0 spiro atoms. The number of aromatic amines is 1. The normalized spacial score (nSPS) is 15.1. The van der Waals surface area contributed by atoms with Gasteiger partial charge in [0.15, 0.2) is 5.82 Å². The van der Waals surface area contributed by atoms with Gasteiger partial charge in [0.05, 0.1) is 18.8 Å². The predicted molar refractivity (Wildman–Crippen MR) is 96.1 cm³/mol. The lowest BCUT2D eigenvalue weighted by Crippen LogP contribution is -2.36. The molecule has 1 fully saturated rings. The number of morpholine rings is 1. The molecule has 7 nitrogen and oxygen atoms in total. The predicted octanol–water partition coefficient (Wildman–Crippen LogP) is 2.65. The van der Waals surface area contributed by atoms with E-state index in [0.717, 1.165) is 56.9 Å². The molecule has 2 aromatic heterocycles. The molecule has 1 saturated heterocycles. The van der Waals surface area contributed by atoms with Crippen molar-refractivity contribution in [3.05, 3.63) is 34.1 Å². The number of anilines is 2. The Hall–Kier alpha value is -2.14. The number of rotatable bonds is 6. The summed E-state index contributed by atoms with van der Waals surface area (Å²) in [6.45, 7) is 6.42. The van der Waals surface area contributed by atoms with Gasteiger partial charge in [-0.1, -0.05) is 11.6 Å². The molecule has 25 heavy (non-hydrogen) atoms. The van der Waals surface area contributed by atoms with Crippen LogP contribution in [0.3, 0.4) is 0 Å². The van der Waals surface area contributed by atoms with Gasteiger partial charge in [0.1, 0.15) is 17.0 Å². The topological polar surface area (TPSA) is 89.9 Å². The van der Waals surface area contributed by atoms with Crippen LogP contribution in [0, 0.1) is 18.3 Å². The van der Waals surface area contributed by atoms with E-state index >= 15 is 0 Å². The number of ether oxygens (including phenoxy) is 1. The van der Waals surface area contributed by atoms with Gasteiger partial charge >= 0.3 is 0 Å². The second-order valence-corrected chi connectivity index (χ2v) is 6.42. The summed E-state index contributed by atoms with van der Waals surface area (Å²) in [5.41, 5.74) is 2.31. The molecule has 0 atom stereocenters. The lowest BCUT2D eigenvalue weighted by atomic mass is 10.1. The van der Waals surface area contributed by atoms with Crippen molar-refractivity contribution < 1.29 is 4.74 Å². The molecule has 0 aromatic carbocycles. The van der Waals surface area contributed by atoms with Crippen molar-refractivity contribution in [2.24, 2.45) is 0 Å². The number of hydrogen-bond donors (Lipinski definition) is 2. The third-order valence-corrected chi connectivity index (χ3v) is 4.43. The molecule has 132 valence electrons. The Morgan fingerprint density at radius 1 is 1.36 bits per heavy atom. The molecular weight excluding hydrogens is 340 g/mol. The molecule has 3 rings (SSSR count). The molecule has 2 N–H and O–H groups in total. The third kappa shape index (κ3) is 4.69. The lowest BCUT2D eigenvalue weighted by molar-refractivity contribution is 0.0374. The zero-order valence-electron chi connectivity index (χ0n) is 14.2. The number of hydrogen-bond acceptors (Lipinski definition) is 6. The number of nitrogens with one attached hydrogen (secondary N) is 2. The Labute approximate surface area is 152 Å². The van der Waals surface area contributed by atoms with Crippen molar-refractivity contribution in [3.8, 4) is 6.07 Å². The molecule has 0 aliphatic carbocycles. The quantitative estimate of drug-likeness (QED) is 0.770. The first-order valence-corrected chi connectivity index (χ1v) is 8.72. The van der Waals surface area contributed by atoms with Crippen molar-refractivity contribution >= 4 is 23.2 Å². The van der Waals surface area contributed by atoms with Crippen LogP contribution in [0.15, 0.2) is 12.1 Å². The van der Waals surface area contributed by atoms with Gasteiger partial charge in [0, 0.05) is 24.8 Å². The minimum atomic E-state index is 0.223. The van der Waals surface area contributed by atoms with Gasteiger partial charge in [-0.3, -0.25) is 10.00 Å². The molecule has 2 aromatic rings. The number of nitriles is 1. The highest BCUT2D eigenvalue weighted by Crippen LogP contribution is 2.24. The highest BCUT2D eigenvalue weighted by molar-refractivity contribution is 6.30. The first-order chi connectivity index (χ1) is 12.2. The van der Waals surface area contributed by atoms with E-state index in [0.29, 0.717) is 17.2 Å². The maximum atomic E-state index is 9.39. The highest BCUT2D eigenvalue weighted by Gasteiger charge is 2.14. The summed E-state index contributed by atoms with van der Waals surface area (Å²) < 4.78 is 5.36. The minimum Gasteiger partial charge on any atom is -0.379 e. The van der Waals surface area contributed by atoms with E-state index in [4.69, 9.17) is 16.3 Å². The van der Waals surface area contributed by atoms with E-state index in [-0.39, 0.29) is 5.15 Å². The van der Waals surface area contributed by atoms with Crippen molar-refractivity contribution in [2.75, 3.05) is 38.2 Å². The summed E-state index contributed by atoms with van der Waals surface area (Å²) in [7, 11) is 0. The Morgan fingerprint density at radius 2 is 2.16 bits per heavy atom. The van der Waals surface area contributed by atoms with Gasteiger partial charge < -0.3 is 10.1 Å². The van der Waals surface area contributed by atoms with Gasteiger partial charge in [0.2, 0.25) is 0 Å². The molecule has 0 saturated carbocycles. The van der Waals surface area contributed by atoms with Crippen LogP contribution in [0.25, 0.3) is 0 Å². The smallest absolute Gasteiger partial charge is 0.153 e. The van der Waals surface area contributed by atoms with Crippen molar-refractivity contribution in [1.82, 2.24) is 20.1 Å². The number of aromatic nitrogens is 3. The summed E-state index contributed by atoms with van der Waals surface area (Å²) in [5.74, 6) is 1.27. The van der Waals surface area contributed by atoms with Gasteiger partial charge in [-0.05, 0) is 37.9 Å². The fraction of sp³-hybridized carbons (Fsp3) is 0.471. The van der Waals surface area contributed by atoms with Crippen molar-refractivity contribution in [3.63, 3.8) is 0 Å². The third-order valence-electron chi connectivity index (χ3n) is 4.16. The standard InChI is InChI=1S/C17H21ClN6O/c1-12-9-16(23-22-12)20-15-10-13(14(11-19)17(18)21-15)3-2-4-24-5-7-25-8-6-24/h9-10H,2-8H2,1H3,(H2,20,21,22,23). The molecule has 8 heteroatoms. The maximum Gasteiger partial charge on any atom is 0.153 e. The first kappa shape index (κ1) is 17.7. The molecule has 0 radical (unpaired) electrons. The fourth-order valence-electron chi connectivity index (χ4n) is 2.87. The molecule has 1 aliphatic rings. The van der Waals surface area contributed by atoms with Crippen LogP contribution in [-0.2, 0) is 11.2 Å². The number of aryl methyl sites for hydroxylation is 2. The minimum absolute atomic E-state index is 0.223. The summed E-state index contributed by atoms with van der Waals surface area (Å²) in [6.07, 6.45) is 1.73. The van der Waals surface area contributed by atoms with Gasteiger partial charge in [0.25, 0.3) is 0 Å². The Balaban J connectivity index is 1.68. The molecule has 0 amide bonds. The molecule has 1 aliphatic heterocycles. The number of halogens is 1. The van der Waals surface area contributed by atoms with Crippen LogP contribution in [-0.4, -0.2) is 52.9 Å². The number of H-pyrrole nitrogens is 1. The van der Waals surface area contributed by atoms with Crippen LogP contribution in [0.5, 0.6) is 0 Å². The highest BCUT2D eigenvalue weighted by atomic mass is 35.5. The average Bonchev–Trinajstić information content (AvgIpc) is 3.00. The second-order valence-electron chi connectivity index (χ2n) is 6.06. The summed E-state index contributed by atoms with van der Waals surface area (Å²) >= 11 is 6.20. The zero-order chi connectivity index (χ0) is 17.6. The van der Waals surface area contributed by atoms with Crippen molar-refractivity contribution in [1.29, 1.82) is 5.26 Å². The van der Waals surface area contributed by atoms with Crippen LogP contribution in [0.2, 0.25) is 5.15 Å². The van der Waals surface area contributed by atoms with E-state index < -0.39 is 0 Å². The fourth-order valence-corrected chi connectivity index (χ4v) is 3.13.